The van der Waals surface area contributed by atoms with Gasteiger partial charge in [-0.2, -0.15) is 13.2 Å². The molecule has 2 amide bonds. The van der Waals surface area contributed by atoms with Crippen molar-refractivity contribution in [3.05, 3.63) is 65.7 Å². The number of hydrogen-bond acceptors (Lipinski definition) is 3. The highest BCUT2D eigenvalue weighted by Crippen LogP contribution is 2.30. The van der Waals surface area contributed by atoms with Gasteiger partial charge in [0.05, 0.1) is 11.6 Å². The van der Waals surface area contributed by atoms with E-state index in [2.05, 4.69) is 10.6 Å². The molecule has 0 fully saturated rings. The minimum absolute atomic E-state index is 0.000534. The van der Waals surface area contributed by atoms with Crippen LogP contribution in [0.3, 0.4) is 0 Å². The third-order valence-electron chi connectivity index (χ3n) is 3.62. The van der Waals surface area contributed by atoms with Crippen molar-refractivity contribution in [2.45, 2.75) is 19.1 Å². The van der Waals surface area contributed by atoms with Crippen LogP contribution in [0, 0.1) is 0 Å². The van der Waals surface area contributed by atoms with E-state index in [9.17, 15) is 22.8 Å². The van der Waals surface area contributed by atoms with Crippen LogP contribution >= 0.6 is 0 Å². The van der Waals surface area contributed by atoms with Crippen molar-refractivity contribution in [2.24, 2.45) is 0 Å². The first-order chi connectivity index (χ1) is 12.8. The molecular weight excluding hydrogens is 361 g/mol. The van der Waals surface area contributed by atoms with Gasteiger partial charge in [0.1, 0.15) is 13.2 Å². The Hall–Kier alpha value is -2.87. The van der Waals surface area contributed by atoms with E-state index in [1.807, 2.05) is 37.3 Å². The maximum Gasteiger partial charge on any atom is 0.416 e. The molecule has 0 aliphatic carbocycles. The summed E-state index contributed by atoms with van der Waals surface area (Å²) >= 11 is 0. The van der Waals surface area contributed by atoms with E-state index >= 15 is 0 Å². The van der Waals surface area contributed by atoms with Crippen molar-refractivity contribution in [2.75, 3.05) is 18.5 Å². The van der Waals surface area contributed by atoms with Gasteiger partial charge in [-0.15, -0.1) is 0 Å². The third-order valence-corrected chi connectivity index (χ3v) is 3.62. The van der Waals surface area contributed by atoms with Gasteiger partial charge < -0.3 is 15.4 Å². The van der Waals surface area contributed by atoms with Crippen molar-refractivity contribution >= 4 is 17.5 Å². The molecule has 2 rings (SSSR count). The van der Waals surface area contributed by atoms with Crippen LogP contribution < -0.4 is 10.6 Å². The van der Waals surface area contributed by atoms with Crippen LogP contribution in [0.4, 0.5) is 18.9 Å². The molecule has 27 heavy (non-hydrogen) atoms. The highest BCUT2D eigenvalue weighted by molar-refractivity contribution is 5.92. The molecule has 8 heteroatoms. The first-order valence-electron chi connectivity index (χ1n) is 8.15. The molecular formula is C19H19F3N2O3. The van der Waals surface area contributed by atoms with Gasteiger partial charge in [0, 0.05) is 5.69 Å². The van der Waals surface area contributed by atoms with Gasteiger partial charge in [0.2, 0.25) is 11.8 Å². The summed E-state index contributed by atoms with van der Waals surface area (Å²) in [6, 6.07) is 13.4. The lowest BCUT2D eigenvalue weighted by atomic mass is 10.1. The highest BCUT2D eigenvalue weighted by atomic mass is 19.4. The predicted molar refractivity (Wildman–Crippen MR) is 93.9 cm³/mol. The summed E-state index contributed by atoms with van der Waals surface area (Å²) in [5.41, 5.74) is 0.0595. The zero-order valence-electron chi connectivity index (χ0n) is 14.5. The number of amides is 2. The Morgan fingerprint density at radius 3 is 2.33 bits per heavy atom. The molecule has 0 aromatic heterocycles. The minimum atomic E-state index is -4.50. The number of anilines is 1. The Morgan fingerprint density at radius 1 is 1.00 bits per heavy atom. The quantitative estimate of drug-likeness (QED) is 0.772. The van der Waals surface area contributed by atoms with E-state index in [-0.39, 0.29) is 18.3 Å². The number of alkyl halides is 3. The number of hydrogen-bond donors (Lipinski definition) is 2. The zero-order valence-corrected chi connectivity index (χ0v) is 14.5. The van der Waals surface area contributed by atoms with Gasteiger partial charge in [0.15, 0.2) is 0 Å². The second kappa shape index (κ2) is 9.18. The van der Waals surface area contributed by atoms with Crippen LogP contribution in [0.25, 0.3) is 0 Å². The van der Waals surface area contributed by atoms with Gasteiger partial charge in [0.25, 0.3) is 0 Å². The fourth-order valence-corrected chi connectivity index (χ4v) is 2.31. The van der Waals surface area contributed by atoms with Crippen molar-refractivity contribution in [3.8, 4) is 0 Å². The standard InChI is InChI=1S/C19H19F3N2O3/c1-13(14-6-3-2-4-7-14)23-17(25)11-27-12-18(26)24-16-9-5-8-15(10-16)19(20,21)22/h2-10,13H,11-12H2,1H3,(H,23,25)(H,24,26)/t13-/m1/s1. The molecule has 0 aliphatic heterocycles. The Kier molecular flexibility index (Phi) is 6.95. The summed E-state index contributed by atoms with van der Waals surface area (Å²) in [5.74, 6) is -1.06. The largest absolute Gasteiger partial charge is 0.416 e. The molecule has 0 saturated heterocycles. The fraction of sp³-hybridized carbons (Fsp3) is 0.263. The molecule has 0 radical (unpaired) electrons. The monoisotopic (exact) mass is 380 g/mol. The normalized spacial score (nSPS) is 12.3. The Labute approximate surface area is 154 Å². The first kappa shape index (κ1) is 20.4. The SMILES string of the molecule is C[C@@H](NC(=O)COCC(=O)Nc1cccc(C(F)(F)F)c1)c1ccccc1. The van der Waals surface area contributed by atoms with Gasteiger partial charge in [-0.05, 0) is 30.7 Å². The fourth-order valence-electron chi connectivity index (χ4n) is 2.31. The molecule has 2 aromatic rings. The summed E-state index contributed by atoms with van der Waals surface area (Å²) in [6.07, 6.45) is -4.50. The Bertz CT molecular complexity index is 779. The number of rotatable bonds is 7. The lowest BCUT2D eigenvalue weighted by molar-refractivity contribution is -0.137. The Morgan fingerprint density at radius 2 is 1.67 bits per heavy atom. The molecule has 144 valence electrons. The summed E-state index contributed by atoms with van der Waals surface area (Å²) in [5, 5.41) is 5.02. The molecule has 0 aliphatic rings. The van der Waals surface area contributed by atoms with Crippen molar-refractivity contribution in [3.63, 3.8) is 0 Å². The van der Waals surface area contributed by atoms with E-state index < -0.39 is 30.2 Å². The smallest absolute Gasteiger partial charge is 0.362 e. The van der Waals surface area contributed by atoms with Crippen LogP contribution in [0.15, 0.2) is 54.6 Å². The van der Waals surface area contributed by atoms with Crippen molar-refractivity contribution in [1.29, 1.82) is 0 Å². The van der Waals surface area contributed by atoms with Gasteiger partial charge in [-0.25, -0.2) is 0 Å². The Balaban J connectivity index is 1.75. The summed E-state index contributed by atoms with van der Waals surface area (Å²) in [6.45, 7) is 1.02. The van der Waals surface area contributed by atoms with Crippen LogP contribution in [0.5, 0.6) is 0 Å². The number of halogens is 3. The maximum absolute atomic E-state index is 12.6. The number of ether oxygens (including phenoxy) is 1. The molecule has 1 atom stereocenters. The van der Waals surface area contributed by atoms with E-state index in [0.29, 0.717) is 0 Å². The molecule has 0 heterocycles. The molecule has 2 aromatic carbocycles. The number of nitrogens with one attached hydrogen (secondary N) is 2. The van der Waals surface area contributed by atoms with Crippen LogP contribution in [0.1, 0.15) is 24.1 Å². The van der Waals surface area contributed by atoms with Crippen LogP contribution in [0.2, 0.25) is 0 Å². The third kappa shape index (κ3) is 6.74. The number of carbonyl (C=O) groups is 2. The molecule has 0 bridgehead atoms. The summed E-state index contributed by atoms with van der Waals surface area (Å²) in [4.78, 5) is 23.6. The zero-order chi connectivity index (χ0) is 19.9. The van der Waals surface area contributed by atoms with E-state index in [1.165, 1.54) is 12.1 Å². The van der Waals surface area contributed by atoms with Gasteiger partial charge in [-0.3, -0.25) is 9.59 Å². The maximum atomic E-state index is 12.6. The van der Waals surface area contributed by atoms with Gasteiger partial charge >= 0.3 is 6.18 Å². The summed E-state index contributed by atoms with van der Waals surface area (Å²) < 4.78 is 42.9. The second-order valence-corrected chi connectivity index (χ2v) is 5.82. The molecule has 0 saturated carbocycles. The number of carbonyl (C=O) groups excluding carboxylic acids is 2. The molecule has 0 unspecified atom stereocenters. The lowest BCUT2D eigenvalue weighted by Crippen LogP contribution is -2.31. The molecule has 5 nitrogen and oxygen atoms in total. The topological polar surface area (TPSA) is 67.4 Å². The average molecular weight is 380 g/mol. The van der Waals surface area contributed by atoms with Crippen molar-refractivity contribution in [1.82, 2.24) is 5.32 Å². The number of benzene rings is 2. The molecule has 0 spiro atoms. The molecule has 2 N–H and O–H groups in total. The van der Waals surface area contributed by atoms with Gasteiger partial charge in [-0.1, -0.05) is 36.4 Å². The second-order valence-electron chi connectivity index (χ2n) is 5.82. The lowest BCUT2D eigenvalue weighted by Gasteiger charge is -2.14. The average Bonchev–Trinajstić information content (AvgIpc) is 2.62. The highest BCUT2D eigenvalue weighted by Gasteiger charge is 2.30. The predicted octanol–water partition coefficient (Wildman–Crippen LogP) is 3.54. The van der Waals surface area contributed by atoms with E-state index in [4.69, 9.17) is 4.74 Å². The van der Waals surface area contributed by atoms with Crippen molar-refractivity contribution < 1.29 is 27.5 Å². The van der Waals surface area contributed by atoms with Crippen LogP contribution in [-0.2, 0) is 20.5 Å². The minimum Gasteiger partial charge on any atom is -0.362 e. The van der Waals surface area contributed by atoms with E-state index in [0.717, 1.165) is 17.7 Å². The summed E-state index contributed by atoms with van der Waals surface area (Å²) in [7, 11) is 0. The van der Waals surface area contributed by atoms with Crippen LogP contribution in [-0.4, -0.2) is 25.0 Å². The van der Waals surface area contributed by atoms with E-state index in [1.54, 1.807) is 0 Å². The first-order valence-corrected chi connectivity index (χ1v) is 8.15.